The minimum absolute atomic E-state index is 0.0268. The Morgan fingerprint density at radius 1 is 1.00 bits per heavy atom. The molecule has 0 fully saturated rings. The SMILES string of the molecule is CCN(Cc1nc(-c2ccccc2)no1)C(=O)CCN1C(=O)c2ccccc2C1=O. The summed E-state index contributed by atoms with van der Waals surface area (Å²) < 4.78 is 5.28. The maximum Gasteiger partial charge on any atom is 0.261 e. The van der Waals surface area contributed by atoms with Gasteiger partial charge in [-0.25, -0.2) is 0 Å². The van der Waals surface area contributed by atoms with Crippen molar-refractivity contribution in [3.05, 3.63) is 71.6 Å². The number of imide groups is 1. The Kier molecular flexibility index (Phi) is 5.38. The molecule has 1 aliphatic rings. The van der Waals surface area contributed by atoms with Gasteiger partial charge in [-0.1, -0.05) is 47.6 Å². The summed E-state index contributed by atoms with van der Waals surface area (Å²) in [5, 5.41) is 3.96. The number of carbonyl (C=O) groups excluding carboxylic acids is 3. The zero-order valence-electron chi connectivity index (χ0n) is 16.4. The van der Waals surface area contributed by atoms with Crippen LogP contribution in [0.15, 0.2) is 59.1 Å². The molecular formula is C22H20N4O4. The van der Waals surface area contributed by atoms with Crippen LogP contribution in [0.3, 0.4) is 0 Å². The zero-order valence-corrected chi connectivity index (χ0v) is 16.4. The number of rotatable bonds is 7. The topological polar surface area (TPSA) is 96.6 Å². The molecule has 0 saturated carbocycles. The molecular weight excluding hydrogens is 384 g/mol. The third-order valence-corrected chi connectivity index (χ3v) is 4.99. The minimum atomic E-state index is -0.365. The van der Waals surface area contributed by atoms with E-state index in [1.165, 1.54) is 0 Å². The third kappa shape index (κ3) is 3.71. The summed E-state index contributed by atoms with van der Waals surface area (Å²) in [5.74, 6) is -0.148. The molecule has 3 aromatic rings. The monoisotopic (exact) mass is 404 g/mol. The van der Waals surface area contributed by atoms with Crippen LogP contribution in [-0.4, -0.2) is 50.8 Å². The molecule has 0 atom stereocenters. The normalized spacial score (nSPS) is 12.9. The predicted molar refractivity (Wildman–Crippen MR) is 107 cm³/mol. The lowest BCUT2D eigenvalue weighted by Crippen LogP contribution is -2.36. The Balaban J connectivity index is 1.38. The van der Waals surface area contributed by atoms with Crippen molar-refractivity contribution in [1.29, 1.82) is 0 Å². The van der Waals surface area contributed by atoms with Crippen molar-refractivity contribution in [3.63, 3.8) is 0 Å². The molecule has 0 N–H and O–H groups in total. The number of fused-ring (bicyclic) bond motifs is 1. The van der Waals surface area contributed by atoms with Gasteiger partial charge in [0.2, 0.25) is 17.6 Å². The maximum absolute atomic E-state index is 12.7. The molecule has 8 nitrogen and oxygen atoms in total. The zero-order chi connectivity index (χ0) is 21.1. The van der Waals surface area contributed by atoms with E-state index in [0.29, 0.717) is 29.4 Å². The number of hydrogen-bond acceptors (Lipinski definition) is 6. The first-order valence-corrected chi connectivity index (χ1v) is 9.69. The summed E-state index contributed by atoms with van der Waals surface area (Å²) in [5.41, 5.74) is 1.58. The second kappa shape index (κ2) is 8.28. The summed E-state index contributed by atoms with van der Waals surface area (Å²) in [6.45, 7) is 2.47. The number of hydrogen-bond donors (Lipinski definition) is 0. The van der Waals surface area contributed by atoms with Gasteiger partial charge < -0.3 is 9.42 Å². The fraction of sp³-hybridized carbons (Fsp3) is 0.227. The van der Waals surface area contributed by atoms with E-state index in [1.54, 1.807) is 29.2 Å². The van der Waals surface area contributed by atoms with Crippen LogP contribution in [0, 0.1) is 0 Å². The molecule has 8 heteroatoms. The molecule has 1 aromatic heterocycles. The molecule has 0 aliphatic carbocycles. The van der Waals surface area contributed by atoms with Gasteiger partial charge in [0, 0.05) is 25.1 Å². The van der Waals surface area contributed by atoms with Crippen LogP contribution in [-0.2, 0) is 11.3 Å². The Labute approximate surface area is 173 Å². The van der Waals surface area contributed by atoms with E-state index in [4.69, 9.17) is 4.52 Å². The summed E-state index contributed by atoms with van der Waals surface area (Å²) in [7, 11) is 0. The average molecular weight is 404 g/mol. The second-order valence-electron chi connectivity index (χ2n) is 6.84. The fourth-order valence-electron chi connectivity index (χ4n) is 3.37. The molecule has 2 heterocycles. The lowest BCUT2D eigenvalue weighted by molar-refractivity contribution is -0.132. The fourth-order valence-corrected chi connectivity index (χ4v) is 3.37. The molecule has 0 saturated heterocycles. The molecule has 0 spiro atoms. The molecule has 0 radical (unpaired) electrons. The van der Waals surface area contributed by atoms with E-state index in [-0.39, 0.29) is 37.2 Å². The first kappa shape index (κ1) is 19.5. The molecule has 0 bridgehead atoms. The van der Waals surface area contributed by atoms with E-state index >= 15 is 0 Å². The lowest BCUT2D eigenvalue weighted by atomic mass is 10.1. The minimum Gasteiger partial charge on any atom is -0.337 e. The Bertz CT molecular complexity index is 1060. The van der Waals surface area contributed by atoms with Crippen molar-refractivity contribution < 1.29 is 18.9 Å². The summed E-state index contributed by atoms with van der Waals surface area (Å²) >= 11 is 0. The number of nitrogens with zero attached hydrogens (tertiary/aromatic N) is 4. The van der Waals surface area contributed by atoms with Gasteiger partial charge in [0.25, 0.3) is 11.8 Å². The van der Waals surface area contributed by atoms with Gasteiger partial charge in [-0.05, 0) is 19.1 Å². The van der Waals surface area contributed by atoms with Crippen molar-refractivity contribution in [2.45, 2.75) is 19.9 Å². The number of amides is 3. The van der Waals surface area contributed by atoms with E-state index in [1.807, 2.05) is 37.3 Å². The van der Waals surface area contributed by atoms with Crippen molar-refractivity contribution in [1.82, 2.24) is 19.9 Å². The van der Waals surface area contributed by atoms with Crippen molar-refractivity contribution in [2.24, 2.45) is 0 Å². The van der Waals surface area contributed by atoms with Crippen LogP contribution in [0.5, 0.6) is 0 Å². The van der Waals surface area contributed by atoms with Crippen LogP contribution in [0.25, 0.3) is 11.4 Å². The maximum atomic E-state index is 12.7. The van der Waals surface area contributed by atoms with E-state index in [9.17, 15) is 14.4 Å². The van der Waals surface area contributed by atoms with Gasteiger partial charge in [0.1, 0.15) is 0 Å². The lowest BCUT2D eigenvalue weighted by Gasteiger charge is -2.20. The first-order valence-electron chi connectivity index (χ1n) is 9.69. The Hall–Kier alpha value is -3.81. The first-order chi connectivity index (χ1) is 14.6. The summed E-state index contributed by atoms with van der Waals surface area (Å²) in [4.78, 5) is 44.6. The summed E-state index contributed by atoms with van der Waals surface area (Å²) in [6.07, 6.45) is 0.0268. The smallest absolute Gasteiger partial charge is 0.261 e. The third-order valence-electron chi connectivity index (χ3n) is 4.99. The predicted octanol–water partition coefficient (Wildman–Crippen LogP) is 2.77. The molecule has 2 aromatic carbocycles. The highest BCUT2D eigenvalue weighted by Crippen LogP contribution is 2.22. The average Bonchev–Trinajstić information content (AvgIpc) is 3.35. The van der Waals surface area contributed by atoms with Gasteiger partial charge in [-0.2, -0.15) is 4.98 Å². The Morgan fingerprint density at radius 3 is 2.27 bits per heavy atom. The highest BCUT2D eigenvalue weighted by atomic mass is 16.5. The van der Waals surface area contributed by atoms with Crippen molar-refractivity contribution in [2.75, 3.05) is 13.1 Å². The molecule has 152 valence electrons. The number of aromatic nitrogens is 2. The summed E-state index contributed by atoms with van der Waals surface area (Å²) in [6, 6.07) is 16.1. The van der Waals surface area contributed by atoms with Crippen molar-refractivity contribution >= 4 is 17.7 Å². The molecule has 4 rings (SSSR count). The highest BCUT2D eigenvalue weighted by molar-refractivity contribution is 6.21. The van der Waals surface area contributed by atoms with Crippen LogP contribution in [0.1, 0.15) is 40.0 Å². The van der Waals surface area contributed by atoms with E-state index in [0.717, 1.165) is 10.5 Å². The molecule has 0 unspecified atom stereocenters. The second-order valence-corrected chi connectivity index (χ2v) is 6.84. The highest BCUT2D eigenvalue weighted by Gasteiger charge is 2.35. The van der Waals surface area contributed by atoms with Gasteiger partial charge in [-0.15, -0.1) is 0 Å². The molecule has 3 amide bonds. The van der Waals surface area contributed by atoms with Gasteiger partial charge in [0.05, 0.1) is 17.7 Å². The Morgan fingerprint density at radius 2 is 1.63 bits per heavy atom. The quantitative estimate of drug-likeness (QED) is 0.562. The number of carbonyl (C=O) groups is 3. The van der Waals surface area contributed by atoms with E-state index in [2.05, 4.69) is 10.1 Å². The van der Waals surface area contributed by atoms with Crippen LogP contribution in [0.2, 0.25) is 0 Å². The van der Waals surface area contributed by atoms with Gasteiger partial charge in [-0.3, -0.25) is 19.3 Å². The molecule has 1 aliphatic heterocycles. The van der Waals surface area contributed by atoms with Crippen LogP contribution >= 0.6 is 0 Å². The van der Waals surface area contributed by atoms with Crippen molar-refractivity contribution in [3.8, 4) is 11.4 Å². The van der Waals surface area contributed by atoms with Crippen LogP contribution in [0.4, 0.5) is 0 Å². The largest absolute Gasteiger partial charge is 0.337 e. The number of benzene rings is 2. The van der Waals surface area contributed by atoms with E-state index < -0.39 is 0 Å². The van der Waals surface area contributed by atoms with Gasteiger partial charge in [0.15, 0.2) is 0 Å². The van der Waals surface area contributed by atoms with Crippen LogP contribution < -0.4 is 0 Å². The van der Waals surface area contributed by atoms with Gasteiger partial charge >= 0.3 is 0 Å². The molecule has 30 heavy (non-hydrogen) atoms. The standard InChI is InChI=1S/C22H20N4O4/c1-2-25(14-18-23-20(24-30-18)15-8-4-3-5-9-15)19(27)12-13-26-21(28)16-10-6-7-11-17(16)22(26)29/h3-11H,2,12-14H2,1H3.